The van der Waals surface area contributed by atoms with Gasteiger partial charge in [0.25, 0.3) is 10.0 Å². The van der Waals surface area contributed by atoms with Gasteiger partial charge < -0.3 is 0 Å². The van der Waals surface area contributed by atoms with Crippen LogP contribution in [0.3, 0.4) is 0 Å². The molecule has 0 aliphatic rings. The van der Waals surface area contributed by atoms with E-state index in [0.29, 0.717) is 0 Å². The summed E-state index contributed by atoms with van der Waals surface area (Å²) in [5, 5.41) is -0.755. The Labute approximate surface area is 113 Å². The fraction of sp³-hybridized carbons (Fsp3) is 0. The standard InChI is InChI=1S/C11H7ClF2N2O2S/c12-7-4-8(13)6-9(5-7)16-19(17,18)11-10(14)2-1-3-15-11/h1-6,16H. The normalized spacial score (nSPS) is 11.3. The van der Waals surface area contributed by atoms with Crippen molar-refractivity contribution in [1.29, 1.82) is 0 Å². The number of aromatic nitrogens is 1. The van der Waals surface area contributed by atoms with Crippen molar-refractivity contribution in [2.45, 2.75) is 5.03 Å². The molecule has 0 amide bonds. The maximum absolute atomic E-state index is 13.4. The fourth-order valence-corrected chi connectivity index (χ4v) is 2.66. The van der Waals surface area contributed by atoms with Crippen LogP contribution in [0.4, 0.5) is 14.5 Å². The Kier molecular flexibility index (Phi) is 3.68. The summed E-state index contributed by atoms with van der Waals surface area (Å²) >= 11 is 5.59. The third-order valence-electron chi connectivity index (χ3n) is 2.09. The van der Waals surface area contributed by atoms with Gasteiger partial charge in [0.05, 0.1) is 5.69 Å². The summed E-state index contributed by atoms with van der Waals surface area (Å²) in [5.74, 6) is -1.72. The lowest BCUT2D eigenvalue weighted by Gasteiger charge is -2.08. The highest BCUT2D eigenvalue weighted by Crippen LogP contribution is 2.21. The summed E-state index contributed by atoms with van der Waals surface area (Å²) in [6.07, 6.45) is 1.14. The van der Waals surface area contributed by atoms with Gasteiger partial charge in [-0.15, -0.1) is 0 Å². The number of sulfonamides is 1. The molecule has 100 valence electrons. The largest absolute Gasteiger partial charge is 0.282 e. The zero-order chi connectivity index (χ0) is 14.0. The molecule has 0 bridgehead atoms. The van der Waals surface area contributed by atoms with Gasteiger partial charge >= 0.3 is 0 Å². The van der Waals surface area contributed by atoms with Gasteiger partial charge in [-0.2, -0.15) is 8.42 Å². The fourth-order valence-electron chi connectivity index (χ4n) is 1.39. The van der Waals surface area contributed by atoms with Gasteiger partial charge in [0.1, 0.15) is 5.82 Å². The van der Waals surface area contributed by atoms with E-state index in [0.717, 1.165) is 24.4 Å². The molecule has 0 aliphatic heterocycles. The van der Waals surface area contributed by atoms with Crippen LogP contribution in [-0.4, -0.2) is 13.4 Å². The number of anilines is 1. The van der Waals surface area contributed by atoms with E-state index in [2.05, 4.69) is 4.98 Å². The Morgan fingerprint density at radius 2 is 1.95 bits per heavy atom. The van der Waals surface area contributed by atoms with Crippen molar-refractivity contribution < 1.29 is 17.2 Å². The minimum Gasteiger partial charge on any atom is -0.278 e. The van der Waals surface area contributed by atoms with Gasteiger partial charge in [-0.1, -0.05) is 11.6 Å². The zero-order valence-electron chi connectivity index (χ0n) is 9.27. The van der Waals surface area contributed by atoms with Crippen molar-refractivity contribution in [3.05, 3.63) is 53.2 Å². The second-order valence-electron chi connectivity index (χ2n) is 3.55. The van der Waals surface area contributed by atoms with Crippen LogP contribution in [0.25, 0.3) is 0 Å². The minimum absolute atomic E-state index is 0.0131. The molecule has 0 fully saturated rings. The van der Waals surface area contributed by atoms with E-state index < -0.39 is 26.7 Å². The van der Waals surface area contributed by atoms with Gasteiger partial charge in [-0.3, -0.25) is 4.72 Å². The van der Waals surface area contributed by atoms with E-state index in [1.807, 2.05) is 4.72 Å². The van der Waals surface area contributed by atoms with E-state index in [1.165, 1.54) is 12.1 Å². The Morgan fingerprint density at radius 3 is 2.58 bits per heavy atom. The highest BCUT2D eigenvalue weighted by atomic mass is 35.5. The lowest BCUT2D eigenvalue weighted by Crippen LogP contribution is -2.16. The highest BCUT2D eigenvalue weighted by Gasteiger charge is 2.20. The molecule has 0 spiro atoms. The summed E-state index contributed by atoms with van der Waals surface area (Å²) in [5.41, 5.74) is -0.116. The number of benzene rings is 1. The van der Waals surface area contributed by atoms with Gasteiger partial charge in [-0.05, 0) is 30.3 Å². The molecule has 2 rings (SSSR count). The monoisotopic (exact) mass is 304 g/mol. The number of hydrogen-bond acceptors (Lipinski definition) is 3. The zero-order valence-corrected chi connectivity index (χ0v) is 10.8. The molecule has 0 atom stereocenters. The van der Waals surface area contributed by atoms with Gasteiger partial charge in [0.2, 0.25) is 5.03 Å². The van der Waals surface area contributed by atoms with Crippen molar-refractivity contribution in [2.75, 3.05) is 4.72 Å². The van der Waals surface area contributed by atoms with Crippen LogP contribution < -0.4 is 4.72 Å². The van der Waals surface area contributed by atoms with Crippen LogP contribution in [0, 0.1) is 11.6 Å². The first kappa shape index (κ1) is 13.7. The van der Waals surface area contributed by atoms with E-state index in [-0.39, 0.29) is 10.7 Å². The molecule has 0 saturated heterocycles. The molecule has 19 heavy (non-hydrogen) atoms. The molecule has 1 N–H and O–H groups in total. The van der Waals surface area contributed by atoms with Crippen LogP contribution in [-0.2, 0) is 10.0 Å². The molecule has 0 saturated carbocycles. The van der Waals surface area contributed by atoms with Crippen molar-refractivity contribution in [2.24, 2.45) is 0 Å². The average molecular weight is 305 g/mol. The van der Waals surface area contributed by atoms with Crippen LogP contribution in [0.15, 0.2) is 41.6 Å². The molecule has 4 nitrogen and oxygen atoms in total. The van der Waals surface area contributed by atoms with Crippen molar-refractivity contribution in [1.82, 2.24) is 4.98 Å². The SMILES string of the molecule is O=S(=O)(Nc1cc(F)cc(Cl)c1)c1ncccc1F. The topological polar surface area (TPSA) is 59.1 Å². The van der Waals surface area contributed by atoms with E-state index in [1.54, 1.807) is 0 Å². The first-order valence-electron chi connectivity index (χ1n) is 4.98. The minimum atomic E-state index is -4.24. The second-order valence-corrected chi connectivity index (χ2v) is 5.59. The molecule has 2 aromatic rings. The number of nitrogens with zero attached hydrogens (tertiary/aromatic N) is 1. The van der Waals surface area contributed by atoms with E-state index in [9.17, 15) is 17.2 Å². The molecule has 0 aliphatic carbocycles. The van der Waals surface area contributed by atoms with Gasteiger partial charge in [0, 0.05) is 11.2 Å². The van der Waals surface area contributed by atoms with Crippen LogP contribution in [0.5, 0.6) is 0 Å². The number of pyridine rings is 1. The van der Waals surface area contributed by atoms with Gasteiger partial charge in [-0.25, -0.2) is 13.8 Å². The number of hydrogen-bond donors (Lipinski definition) is 1. The first-order valence-corrected chi connectivity index (χ1v) is 6.84. The van der Waals surface area contributed by atoms with Crippen LogP contribution >= 0.6 is 11.6 Å². The van der Waals surface area contributed by atoms with Crippen LogP contribution in [0.1, 0.15) is 0 Å². The Bertz CT molecular complexity index is 702. The van der Waals surface area contributed by atoms with Crippen molar-refractivity contribution in [3.63, 3.8) is 0 Å². The number of nitrogens with one attached hydrogen (secondary N) is 1. The first-order chi connectivity index (χ1) is 8.88. The number of halogens is 3. The molecular formula is C11H7ClF2N2O2S. The second kappa shape index (κ2) is 5.10. The third kappa shape index (κ3) is 3.18. The summed E-state index contributed by atoms with van der Waals surface area (Å²) < 4.78 is 52.2. The lowest BCUT2D eigenvalue weighted by molar-refractivity contribution is 0.557. The summed E-state index contributed by atoms with van der Waals surface area (Å²) in [4.78, 5) is 3.44. The summed E-state index contributed by atoms with van der Waals surface area (Å²) in [7, 11) is -4.24. The van der Waals surface area contributed by atoms with E-state index >= 15 is 0 Å². The average Bonchev–Trinajstić information content (AvgIpc) is 2.26. The summed E-state index contributed by atoms with van der Waals surface area (Å²) in [6, 6.07) is 5.35. The lowest BCUT2D eigenvalue weighted by atomic mass is 10.3. The quantitative estimate of drug-likeness (QED) is 0.948. The van der Waals surface area contributed by atoms with Crippen molar-refractivity contribution >= 4 is 27.3 Å². The maximum Gasteiger partial charge on any atom is 0.282 e. The molecular weight excluding hydrogens is 298 g/mol. The molecule has 0 unspecified atom stereocenters. The highest BCUT2D eigenvalue weighted by molar-refractivity contribution is 7.92. The summed E-state index contributed by atoms with van der Waals surface area (Å²) in [6.45, 7) is 0. The van der Waals surface area contributed by atoms with Crippen molar-refractivity contribution in [3.8, 4) is 0 Å². The van der Waals surface area contributed by atoms with Crippen LogP contribution in [0.2, 0.25) is 5.02 Å². The molecule has 8 heteroatoms. The molecule has 1 aromatic heterocycles. The Hall–Kier alpha value is -1.73. The predicted octanol–water partition coefficient (Wildman–Crippen LogP) is 2.81. The Morgan fingerprint density at radius 1 is 1.21 bits per heavy atom. The number of rotatable bonds is 3. The van der Waals surface area contributed by atoms with E-state index in [4.69, 9.17) is 11.6 Å². The Balaban J connectivity index is 2.39. The molecule has 0 radical (unpaired) electrons. The molecule has 1 heterocycles. The maximum atomic E-state index is 13.4. The predicted molar refractivity (Wildman–Crippen MR) is 66.4 cm³/mol. The van der Waals surface area contributed by atoms with Gasteiger partial charge in [0.15, 0.2) is 5.82 Å². The third-order valence-corrected chi connectivity index (χ3v) is 3.63. The smallest absolute Gasteiger partial charge is 0.278 e. The molecule has 1 aromatic carbocycles.